The number of allylic oxidation sites excluding steroid dienone is 2. The summed E-state index contributed by atoms with van der Waals surface area (Å²) in [6.45, 7) is 4.41. The lowest BCUT2D eigenvalue weighted by Crippen LogP contribution is -2.00. The molecule has 3 heteroatoms. The lowest BCUT2D eigenvalue weighted by Gasteiger charge is -2.17. The predicted octanol–water partition coefficient (Wildman–Crippen LogP) is 5.61. The van der Waals surface area contributed by atoms with Crippen LogP contribution in [-0.4, -0.2) is 5.16 Å². The molecule has 1 heterocycles. The molecular weight excluding hydrogens is 282 g/mol. The van der Waals surface area contributed by atoms with Crippen molar-refractivity contribution in [3.05, 3.63) is 45.7 Å². The standard InChI is InChI=1S/C18H18ClNO/c1-10-6-7-12-4-3-5-14(19)16(12)17-15(11(10)2)18(21-20-17)13-8-9-13/h3-5,13H,6-9H2,1-2H3. The van der Waals surface area contributed by atoms with Gasteiger partial charge >= 0.3 is 0 Å². The molecule has 2 aliphatic rings. The number of aryl methyl sites for hydroxylation is 1. The summed E-state index contributed by atoms with van der Waals surface area (Å²) in [4.78, 5) is 0. The number of hydrogen-bond acceptors (Lipinski definition) is 2. The first-order valence-electron chi connectivity index (χ1n) is 7.61. The Kier molecular flexibility index (Phi) is 2.97. The maximum Gasteiger partial charge on any atom is 0.147 e. The summed E-state index contributed by atoms with van der Waals surface area (Å²) in [7, 11) is 0. The van der Waals surface area contributed by atoms with E-state index in [0.29, 0.717) is 5.92 Å². The van der Waals surface area contributed by atoms with Crippen molar-refractivity contribution >= 4 is 17.2 Å². The number of fused-ring (bicyclic) bond motifs is 3. The molecule has 0 N–H and O–H groups in total. The molecule has 0 unspecified atom stereocenters. The fraction of sp³-hybridized carbons (Fsp3) is 0.389. The van der Waals surface area contributed by atoms with Crippen LogP contribution in [0.3, 0.4) is 0 Å². The van der Waals surface area contributed by atoms with Gasteiger partial charge in [-0.15, -0.1) is 0 Å². The number of aromatic nitrogens is 1. The maximum absolute atomic E-state index is 6.49. The van der Waals surface area contributed by atoms with Crippen molar-refractivity contribution in [2.24, 2.45) is 0 Å². The summed E-state index contributed by atoms with van der Waals surface area (Å²) in [5, 5.41) is 5.19. The molecule has 4 rings (SSSR count). The van der Waals surface area contributed by atoms with Crippen LogP contribution in [0.5, 0.6) is 0 Å². The number of halogens is 1. The summed E-state index contributed by atoms with van der Waals surface area (Å²) in [6, 6.07) is 6.13. The van der Waals surface area contributed by atoms with Crippen molar-refractivity contribution in [2.75, 3.05) is 0 Å². The van der Waals surface area contributed by atoms with E-state index in [9.17, 15) is 0 Å². The molecule has 0 radical (unpaired) electrons. The molecule has 0 bridgehead atoms. The fourth-order valence-corrected chi connectivity index (χ4v) is 3.51. The van der Waals surface area contributed by atoms with Crippen LogP contribution in [-0.2, 0) is 6.42 Å². The Morgan fingerprint density at radius 3 is 2.71 bits per heavy atom. The Bertz CT molecular complexity index is 753. The largest absolute Gasteiger partial charge is 0.360 e. The zero-order chi connectivity index (χ0) is 14.6. The van der Waals surface area contributed by atoms with Crippen molar-refractivity contribution in [3.63, 3.8) is 0 Å². The van der Waals surface area contributed by atoms with Gasteiger partial charge in [0.25, 0.3) is 0 Å². The molecule has 0 aliphatic heterocycles. The molecule has 0 atom stereocenters. The first-order chi connectivity index (χ1) is 10.2. The fourth-order valence-electron chi connectivity index (χ4n) is 3.23. The molecule has 1 saturated carbocycles. The van der Waals surface area contributed by atoms with Crippen LogP contribution in [0.1, 0.15) is 55.9 Å². The van der Waals surface area contributed by atoms with Gasteiger partial charge in [-0.05, 0) is 56.7 Å². The van der Waals surface area contributed by atoms with E-state index in [0.717, 1.165) is 34.9 Å². The van der Waals surface area contributed by atoms with E-state index in [2.05, 4.69) is 25.1 Å². The van der Waals surface area contributed by atoms with Crippen LogP contribution in [0.25, 0.3) is 16.8 Å². The van der Waals surface area contributed by atoms with Gasteiger partial charge in [0.05, 0.1) is 5.02 Å². The average Bonchev–Trinajstić information content (AvgIpc) is 3.23. The van der Waals surface area contributed by atoms with Gasteiger partial charge in [0.2, 0.25) is 0 Å². The Morgan fingerprint density at radius 2 is 1.95 bits per heavy atom. The zero-order valence-electron chi connectivity index (χ0n) is 12.4. The first kappa shape index (κ1) is 13.1. The average molecular weight is 300 g/mol. The van der Waals surface area contributed by atoms with Crippen LogP contribution >= 0.6 is 11.6 Å². The molecule has 21 heavy (non-hydrogen) atoms. The second kappa shape index (κ2) is 4.74. The maximum atomic E-state index is 6.49. The minimum atomic E-state index is 0.550. The minimum absolute atomic E-state index is 0.550. The van der Waals surface area contributed by atoms with Crippen LogP contribution in [0.15, 0.2) is 28.3 Å². The second-order valence-electron chi connectivity index (χ2n) is 6.22. The number of hydrogen-bond donors (Lipinski definition) is 0. The molecule has 2 aliphatic carbocycles. The third-order valence-electron chi connectivity index (χ3n) is 4.79. The lowest BCUT2D eigenvalue weighted by atomic mass is 9.87. The van der Waals surface area contributed by atoms with Gasteiger partial charge in [-0.25, -0.2) is 0 Å². The third kappa shape index (κ3) is 2.04. The Morgan fingerprint density at radius 1 is 1.14 bits per heavy atom. The van der Waals surface area contributed by atoms with E-state index in [1.165, 1.54) is 35.1 Å². The summed E-state index contributed by atoms with van der Waals surface area (Å²) in [5.41, 5.74) is 7.21. The van der Waals surface area contributed by atoms with Crippen molar-refractivity contribution in [2.45, 2.75) is 45.4 Å². The quantitative estimate of drug-likeness (QED) is 0.684. The third-order valence-corrected chi connectivity index (χ3v) is 5.10. The number of rotatable bonds is 1. The van der Waals surface area contributed by atoms with Crippen molar-refractivity contribution < 1.29 is 4.52 Å². The summed E-state index contributed by atoms with van der Waals surface area (Å²) in [6.07, 6.45) is 4.49. The molecule has 0 saturated heterocycles. The van der Waals surface area contributed by atoms with E-state index >= 15 is 0 Å². The molecule has 0 spiro atoms. The molecule has 2 aromatic rings. The smallest absolute Gasteiger partial charge is 0.147 e. The summed E-state index contributed by atoms with van der Waals surface area (Å²) >= 11 is 6.49. The molecule has 0 amide bonds. The van der Waals surface area contributed by atoms with Crippen molar-refractivity contribution in [3.8, 4) is 11.3 Å². The highest BCUT2D eigenvalue weighted by Gasteiger charge is 2.34. The van der Waals surface area contributed by atoms with Crippen LogP contribution in [0.2, 0.25) is 5.02 Å². The first-order valence-corrected chi connectivity index (χ1v) is 7.98. The van der Waals surface area contributed by atoms with Gasteiger partial charge in [-0.3, -0.25) is 0 Å². The molecule has 2 nitrogen and oxygen atoms in total. The lowest BCUT2D eigenvalue weighted by molar-refractivity contribution is 0.386. The number of benzene rings is 1. The van der Waals surface area contributed by atoms with E-state index < -0.39 is 0 Å². The monoisotopic (exact) mass is 299 g/mol. The van der Waals surface area contributed by atoms with Gasteiger partial charge < -0.3 is 4.52 Å². The van der Waals surface area contributed by atoms with Gasteiger partial charge in [0.1, 0.15) is 11.5 Å². The van der Waals surface area contributed by atoms with Gasteiger partial charge in [0, 0.05) is 17.0 Å². The zero-order valence-corrected chi connectivity index (χ0v) is 13.1. The van der Waals surface area contributed by atoms with Gasteiger partial charge in [-0.1, -0.05) is 34.5 Å². The molecule has 1 aromatic heterocycles. The highest BCUT2D eigenvalue weighted by molar-refractivity contribution is 6.33. The summed E-state index contributed by atoms with van der Waals surface area (Å²) < 4.78 is 5.74. The van der Waals surface area contributed by atoms with Crippen molar-refractivity contribution in [1.82, 2.24) is 5.16 Å². The van der Waals surface area contributed by atoms with E-state index in [1.54, 1.807) is 0 Å². The van der Waals surface area contributed by atoms with Gasteiger partial charge in [-0.2, -0.15) is 0 Å². The molecule has 1 fully saturated rings. The van der Waals surface area contributed by atoms with E-state index in [4.69, 9.17) is 16.1 Å². The SMILES string of the molecule is CC1=C(C)c2c(noc2C2CC2)-c2c(Cl)cccc2CC1. The minimum Gasteiger partial charge on any atom is -0.360 e. The van der Waals surface area contributed by atoms with Crippen LogP contribution < -0.4 is 0 Å². The summed E-state index contributed by atoms with van der Waals surface area (Å²) in [5.74, 6) is 1.61. The number of nitrogens with zero attached hydrogens (tertiary/aromatic N) is 1. The topological polar surface area (TPSA) is 26.0 Å². The highest BCUT2D eigenvalue weighted by Crippen LogP contribution is 2.48. The normalized spacial score (nSPS) is 18.0. The second-order valence-corrected chi connectivity index (χ2v) is 6.63. The van der Waals surface area contributed by atoms with Crippen LogP contribution in [0.4, 0.5) is 0 Å². The Balaban J connectivity index is 2.04. The van der Waals surface area contributed by atoms with Gasteiger partial charge in [0.15, 0.2) is 0 Å². The van der Waals surface area contributed by atoms with Crippen molar-refractivity contribution in [1.29, 1.82) is 0 Å². The van der Waals surface area contributed by atoms with E-state index in [-0.39, 0.29) is 0 Å². The van der Waals surface area contributed by atoms with Crippen LogP contribution in [0, 0.1) is 0 Å². The van der Waals surface area contributed by atoms with E-state index in [1.807, 2.05) is 12.1 Å². The molecular formula is C18H18ClNO. The molecule has 1 aromatic carbocycles. The predicted molar refractivity (Wildman–Crippen MR) is 85.5 cm³/mol. The highest BCUT2D eigenvalue weighted by atomic mass is 35.5. The Labute approximate surface area is 129 Å². The Hall–Kier alpha value is -1.54. The molecule has 108 valence electrons.